The van der Waals surface area contributed by atoms with Crippen LogP contribution in [-0.2, 0) is 5.41 Å². The van der Waals surface area contributed by atoms with Gasteiger partial charge in [-0.3, -0.25) is 9.88 Å². The highest BCUT2D eigenvalue weighted by molar-refractivity contribution is 9.10. The Morgan fingerprint density at radius 2 is 2.10 bits per heavy atom. The summed E-state index contributed by atoms with van der Waals surface area (Å²) in [6.07, 6.45) is 7.78. The number of hydrogen-bond acceptors (Lipinski definition) is 3. The van der Waals surface area contributed by atoms with Crippen molar-refractivity contribution < 1.29 is 0 Å². The van der Waals surface area contributed by atoms with E-state index in [-0.39, 0.29) is 0 Å². The average molecular weight is 344 g/mol. The number of halogens is 1. The zero-order valence-electron chi connectivity index (χ0n) is 12.1. The first-order chi connectivity index (χ1) is 10.2. The molecule has 2 atom stereocenters. The largest absolute Gasteiger partial charge is 0.286 e. The molecule has 2 fully saturated rings. The van der Waals surface area contributed by atoms with E-state index in [1.165, 1.54) is 12.8 Å². The van der Waals surface area contributed by atoms with Crippen molar-refractivity contribution in [3.8, 4) is 17.9 Å². The van der Waals surface area contributed by atoms with E-state index < -0.39 is 5.41 Å². The minimum absolute atomic E-state index is 0.390. The molecule has 0 spiro atoms. The van der Waals surface area contributed by atoms with Gasteiger partial charge in [-0.05, 0) is 60.2 Å². The van der Waals surface area contributed by atoms with Crippen molar-refractivity contribution in [3.05, 3.63) is 28.5 Å². The monoisotopic (exact) mass is 343 g/mol. The van der Waals surface area contributed by atoms with E-state index in [0.29, 0.717) is 12.1 Å². The molecule has 2 aliphatic heterocycles. The maximum Gasteiger partial charge on any atom is 0.0867 e. The minimum Gasteiger partial charge on any atom is -0.286 e. The predicted octanol–water partition coefficient (Wildman–Crippen LogP) is 3.26. The second-order valence-electron chi connectivity index (χ2n) is 5.98. The molecule has 1 aromatic heterocycles. The molecule has 3 rings (SSSR count). The summed E-state index contributed by atoms with van der Waals surface area (Å²) in [4.78, 5) is 6.76. The maximum atomic E-state index is 9.87. The Labute approximate surface area is 134 Å². The molecule has 0 amide bonds. The number of piperidine rings is 1. The molecule has 2 saturated heterocycles. The van der Waals surface area contributed by atoms with Gasteiger partial charge >= 0.3 is 0 Å². The number of rotatable bonds is 2. The average Bonchev–Trinajstić information content (AvgIpc) is 2.74. The van der Waals surface area contributed by atoms with Gasteiger partial charge in [-0.2, -0.15) is 5.26 Å². The maximum absolute atomic E-state index is 9.87. The van der Waals surface area contributed by atoms with E-state index in [1.54, 1.807) is 6.20 Å². The van der Waals surface area contributed by atoms with Gasteiger partial charge in [0.15, 0.2) is 0 Å². The van der Waals surface area contributed by atoms with E-state index in [9.17, 15) is 5.26 Å². The van der Waals surface area contributed by atoms with Crippen molar-refractivity contribution in [2.24, 2.45) is 0 Å². The van der Waals surface area contributed by atoms with Crippen LogP contribution < -0.4 is 0 Å². The molecule has 0 saturated carbocycles. The lowest BCUT2D eigenvalue weighted by molar-refractivity contribution is 0.121. The van der Waals surface area contributed by atoms with Crippen LogP contribution in [0, 0.1) is 23.2 Å². The fourth-order valence-electron chi connectivity index (χ4n) is 3.83. The van der Waals surface area contributed by atoms with Crippen LogP contribution >= 0.6 is 15.9 Å². The standard InChI is InChI=1S/C17H18BrN3/c1-2-3-6-21-15-4-5-16(21)9-17(8-15,12-19)13-7-14(18)11-20-10-13/h7,10-11,15-16H,4-6,8-9H2,1H3. The van der Waals surface area contributed by atoms with E-state index in [1.807, 2.05) is 13.1 Å². The van der Waals surface area contributed by atoms with Gasteiger partial charge < -0.3 is 0 Å². The summed E-state index contributed by atoms with van der Waals surface area (Å²) < 4.78 is 0.946. The lowest BCUT2D eigenvalue weighted by Crippen LogP contribution is -2.49. The highest BCUT2D eigenvalue weighted by atomic mass is 79.9. The van der Waals surface area contributed by atoms with E-state index >= 15 is 0 Å². The number of nitrogens with zero attached hydrogens (tertiary/aromatic N) is 3. The Bertz CT molecular complexity index is 623. The van der Waals surface area contributed by atoms with Gasteiger partial charge in [0.25, 0.3) is 0 Å². The van der Waals surface area contributed by atoms with Crippen LogP contribution in [-0.4, -0.2) is 28.5 Å². The number of nitriles is 1. The smallest absolute Gasteiger partial charge is 0.0867 e. The second kappa shape index (κ2) is 5.79. The Morgan fingerprint density at radius 3 is 2.67 bits per heavy atom. The molecule has 0 aliphatic carbocycles. The molecule has 21 heavy (non-hydrogen) atoms. The molecule has 1 aromatic rings. The molecule has 0 aromatic carbocycles. The third kappa shape index (κ3) is 2.59. The fraction of sp³-hybridized carbons (Fsp3) is 0.529. The number of hydrogen-bond donors (Lipinski definition) is 0. The molecular formula is C17H18BrN3. The summed E-state index contributed by atoms with van der Waals surface area (Å²) in [6.45, 7) is 2.72. The Balaban J connectivity index is 1.90. The predicted molar refractivity (Wildman–Crippen MR) is 85.4 cm³/mol. The van der Waals surface area contributed by atoms with Crippen LogP contribution in [0.3, 0.4) is 0 Å². The minimum atomic E-state index is -0.390. The van der Waals surface area contributed by atoms with Crippen molar-refractivity contribution >= 4 is 15.9 Å². The first-order valence-corrected chi connectivity index (χ1v) is 8.15. The molecular weight excluding hydrogens is 326 g/mol. The van der Waals surface area contributed by atoms with Crippen LogP contribution in [0.1, 0.15) is 38.2 Å². The topological polar surface area (TPSA) is 39.9 Å². The molecule has 2 aliphatic rings. The van der Waals surface area contributed by atoms with Crippen molar-refractivity contribution in [1.82, 2.24) is 9.88 Å². The number of pyridine rings is 1. The molecule has 0 N–H and O–H groups in total. The molecule has 3 heterocycles. The van der Waals surface area contributed by atoms with Crippen LogP contribution in [0.15, 0.2) is 22.9 Å². The van der Waals surface area contributed by atoms with E-state index in [2.05, 4.69) is 49.8 Å². The van der Waals surface area contributed by atoms with Crippen LogP contribution in [0.4, 0.5) is 0 Å². The summed E-state index contributed by atoms with van der Waals surface area (Å²) in [7, 11) is 0. The quantitative estimate of drug-likeness (QED) is 0.773. The van der Waals surface area contributed by atoms with Crippen molar-refractivity contribution in [3.63, 3.8) is 0 Å². The fourth-order valence-corrected chi connectivity index (χ4v) is 4.20. The van der Waals surface area contributed by atoms with Crippen molar-refractivity contribution in [2.45, 2.75) is 50.1 Å². The van der Waals surface area contributed by atoms with Gasteiger partial charge in [0.2, 0.25) is 0 Å². The third-order valence-corrected chi connectivity index (χ3v) is 5.28. The first-order valence-electron chi connectivity index (χ1n) is 7.36. The van der Waals surface area contributed by atoms with Gasteiger partial charge in [-0.1, -0.05) is 5.92 Å². The first kappa shape index (κ1) is 14.6. The molecule has 2 unspecified atom stereocenters. The van der Waals surface area contributed by atoms with Gasteiger partial charge in [-0.25, -0.2) is 0 Å². The number of fused-ring (bicyclic) bond motifs is 2. The van der Waals surface area contributed by atoms with Crippen molar-refractivity contribution in [2.75, 3.05) is 6.54 Å². The van der Waals surface area contributed by atoms with E-state index in [0.717, 1.165) is 29.4 Å². The lowest BCUT2D eigenvalue weighted by Gasteiger charge is -2.42. The third-order valence-electron chi connectivity index (χ3n) is 4.85. The van der Waals surface area contributed by atoms with E-state index in [4.69, 9.17) is 0 Å². The van der Waals surface area contributed by atoms with Gasteiger partial charge in [-0.15, -0.1) is 5.92 Å². The van der Waals surface area contributed by atoms with Gasteiger partial charge in [0.05, 0.1) is 18.0 Å². The Kier molecular flexibility index (Phi) is 4.02. The zero-order chi connectivity index (χ0) is 14.9. The van der Waals surface area contributed by atoms with Crippen LogP contribution in [0.2, 0.25) is 0 Å². The normalized spacial score (nSPS) is 31.3. The van der Waals surface area contributed by atoms with Crippen LogP contribution in [0.5, 0.6) is 0 Å². The second-order valence-corrected chi connectivity index (χ2v) is 6.89. The summed E-state index contributed by atoms with van der Waals surface area (Å²) in [5.41, 5.74) is 0.663. The highest BCUT2D eigenvalue weighted by Gasteiger charge is 2.49. The Hall–Kier alpha value is -1.36. The molecule has 2 bridgehead atoms. The summed E-state index contributed by atoms with van der Waals surface area (Å²) in [5, 5.41) is 9.87. The molecule has 0 radical (unpaired) electrons. The molecule has 4 heteroatoms. The number of aromatic nitrogens is 1. The SMILES string of the molecule is CC#CCN1C2CCC1CC(C#N)(c1cncc(Br)c1)C2. The Morgan fingerprint density at radius 1 is 1.38 bits per heavy atom. The summed E-state index contributed by atoms with van der Waals surface area (Å²) >= 11 is 3.47. The summed E-state index contributed by atoms with van der Waals surface area (Å²) in [6, 6.07) is 5.62. The van der Waals surface area contributed by atoms with Gasteiger partial charge in [0.1, 0.15) is 0 Å². The molecule has 3 nitrogen and oxygen atoms in total. The van der Waals surface area contributed by atoms with Crippen molar-refractivity contribution in [1.29, 1.82) is 5.26 Å². The van der Waals surface area contributed by atoms with Gasteiger partial charge in [0, 0.05) is 29.0 Å². The highest BCUT2D eigenvalue weighted by Crippen LogP contribution is 2.46. The van der Waals surface area contributed by atoms with Crippen LogP contribution in [0.25, 0.3) is 0 Å². The zero-order valence-corrected chi connectivity index (χ0v) is 13.7. The summed E-state index contributed by atoms with van der Waals surface area (Å²) in [5.74, 6) is 6.17. The lowest BCUT2D eigenvalue weighted by atomic mass is 9.71. The molecule has 108 valence electrons.